The van der Waals surface area contributed by atoms with Crippen molar-refractivity contribution in [1.29, 1.82) is 0 Å². The van der Waals surface area contributed by atoms with Gasteiger partial charge in [0.15, 0.2) is 0 Å². The van der Waals surface area contributed by atoms with Gasteiger partial charge in [0.05, 0.1) is 5.56 Å². The minimum absolute atomic E-state index is 0.196. The van der Waals surface area contributed by atoms with E-state index in [2.05, 4.69) is 21.2 Å². The highest BCUT2D eigenvalue weighted by atomic mass is 79.9. The van der Waals surface area contributed by atoms with Crippen molar-refractivity contribution in [3.8, 4) is 0 Å². The van der Waals surface area contributed by atoms with Crippen molar-refractivity contribution in [3.63, 3.8) is 0 Å². The van der Waals surface area contributed by atoms with Gasteiger partial charge in [-0.25, -0.2) is 0 Å². The van der Waals surface area contributed by atoms with Crippen molar-refractivity contribution in [3.05, 3.63) is 57.6 Å². The van der Waals surface area contributed by atoms with E-state index in [0.29, 0.717) is 11.3 Å². The Morgan fingerprint density at radius 3 is 2.63 bits per heavy atom. The Balaban J connectivity index is 2.28. The Morgan fingerprint density at radius 2 is 1.95 bits per heavy atom. The van der Waals surface area contributed by atoms with Gasteiger partial charge in [-0.05, 0) is 49.2 Å². The normalized spacial score (nSPS) is 10.3. The van der Waals surface area contributed by atoms with Crippen LogP contribution in [-0.4, -0.2) is 5.91 Å². The van der Waals surface area contributed by atoms with Gasteiger partial charge in [0, 0.05) is 15.8 Å². The predicted molar refractivity (Wildman–Crippen MR) is 82.4 cm³/mol. The third-order valence-electron chi connectivity index (χ3n) is 2.97. The van der Waals surface area contributed by atoms with Gasteiger partial charge in [0.2, 0.25) is 0 Å². The molecule has 4 heteroatoms. The highest BCUT2D eigenvalue weighted by molar-refractivity contribution is 9.10. The third kappa shape index (κ3) is 2.96. The molecule has 1 amide bonds. The number of benzene rings is 2. The Hall–Kier alpha value is -1.81. The molecule has 2 rings (SSSR count). The zero-order chi connectivity index (χ0) is 14.0. The summed E-state index contributed by atoms with van der Waals surface area (Å²) in [5.74, 6) is -0.196. The monoisotopic (exact) mass is 318 g/mol. The second kappa shape index (κ2) is 5.45. The molecule has 0 aliphatic rings. The minimum Gasteiger partial charge on any atom is -0.398 e. The summed E-state index contributed by atoms with van der Waals surface area (Å²) in [6, 6.07) is 11.1. The maximum Gasteiger partial charge on any atom is 0.257 e. The van der Waals surface area contributed by atoms with Gasteiger partial charge in [-0.1, -0.05) is 28.1 Å². The second-order valence-corrected chi connectivity index (χ2v) is 5.31. The van der Waals surface area contributed by atoms with Crippen LogP contribution in [0.2, 0.25) is 0 Å². The van der Waals surface area contributed by atoms with E-state index in [9.17, 15) is 4.79 Å². The van der Waals surface area contributed by atoms with E-state index in [1.54, 1.807) is 12.1 Å². The Labute approximate surface area is 121 Å². The summed E-state index contributed by atoms with van der Waals surface area (Å²) in [6.45, 7) is 3.88. The molecule has 0 aliphatic carbocycles. The fourth-order valence-corrected chi connectivity index (χ4v) is 2.19. The van der Waals surface area contributed by atoms with Crippen LogP contribution in [0.5, 0.6) is 0 Å². The molecule has 0 spiro atoms. The van der Waals surface area contributed by atoms with Gasteiger partial charge in [-0.15, -0.1) is 0 Å². The molecule has 0 aliphatic heterocycles. The number of carbonyl (C=O) groups is 1. The van der Waals surface area contributed by atoms with Gasteiger partial charge in [-0.3, -0.25) is 4.79 Å². The van der Waals surface area contributed by atoms with Crippen LogP contribution in [0.4, 0.5) is 11.4 Å². The van der Waals surface area contributed by atoms with Gasteiger partial charge >= 0.3 is 0 Å². The second-order valence-electron chi connectivity index (χ2n) is 4.46. The first kappa shape index (κ1) is 13.6. The molecule has 3 N–H and O–H groups in total. The van der Waals surface area contributed by atoms with E-state index >= 15 is 0 Å². The molecular formula is C15H15BrN2O. The molecule has 0 saturated heterocycles. The summed E-state index contributed by atoms with van der Waals surface area (Å²) in [5.41, 5.74) is 9.66. The van der Waals surface area contributed by atoms with Crippen LogP contribution in [0.15, 0.2) is 40.9 Å². The van der Waals surface area contributed by atoms with Gasteiger partial charge < -0.3 is 11.1 Å². The lowest BCUT2D eigenvalue weighted by molar-refractivity contribution is 0.102. The van der Waals surface area contributed by atoms with E-state index in [1.165, 1.54) is 0 Å². The molecule has 2 aromatic rings. The summed E-state index contributed by atoms with van der Waals surface area (Å²) in [5, 5.41) is 2.88. The first-order valence-corrected chi connectivity index (χ1v) is 6.71. The molecule has 0 heterocycles. The molecular weight excluding hydrogens is 304 g/mol. The van der Waals surface area contributed by atoms with Crippen molar-refractivity contribution >= 4 is 33.2 Å². The summed E-state index contributed by atoms with van der Waals surface area (Å²) < 4.78 is 0.960. The molecule has 0 saturated carbocycles. The Bertz CT molecular complexity index is 638. The van der Waals surface area contributed by atoms with Crippen molar-refractivity contribution in [2.45, 2.75) is 13.8 Å². The molecule has 0 fully saturated rings. The maximum absolute atomic E-state index is 12.2. The van der Waals surface area contributed by atoms with E-state index in [1.807, 2.05) is 38.1 Å². The molecule has 0 atom stereocenters. The summed E-state index contributed by atoms with van der Waals surface area (Å²) in [4.78, 5) is 12.2. The van der Waals surface area contributed by atoms with E-state index in [4.69, 9.17) is 5.73 Å². The molecule has 0 bridgehead atoms. The van der Waals surface area contributed by atoms with Crippen molar-refractivity contribution in [2.75, 3.05) is 11.1 Å². The van der Waals surface area contributed by atoms with Crippen molar-refractivity contribution < 1.29 is 4.79 Å². The fraction of sp³-hybridized carbons (Fsp3) is 0.133. The van der Waals surface area contributed by atoms with Gasteiger partial charge in [0.25, 0.3) is 5.91 Å². The molecule has 3 nitrogen and oxygen atoms in total. The lowest BCUT2D eigenvalue weighted by atomic mass is 10.1. The molecule has 0 radical (unpaired) electrons. The number of rotatable bonds is 2. The van der Waals surface area contributed by atoms with Crippen LogP contribution < -0.4 is 11.1 Å². The molecule has 2 aromatic carbocycles. The summed E-state index contributed by atoms with van der Waals surface area (Å²) in [7, 11) is 0. The topological polar surface area (TPSA) is 55.1 Å². The van der Waals surface area contributed by atoms with Crippen LogP contribution >= 0.6 is 15.9 Å². The third-order valence-corrected chi connectivity index (χ3v) is 3.83. The highest BCUT2D eigenvalue weighted by Gasteiger charge is 2.11. The molecule has 0 aromatic heterocycles. The van der Waals surface area contributed by atoms with Gasteiger partial charge in [0.1, 0.15) is 0 Å². The number of nitrogens with two attached hydrogens (primary N) is 1. The number of amides is 1. The van der Waals surface area contributed by atoms with E-state index < -0.39 is 0 Å². The van der Waals surface area contributed by atoms with E-state index in [-0.39, 0.29) is 5.91 Å². The van der Waals surface area contributed by atoms with Gasteiger partial charge in [-0.2, -0.15) is 0 Å². The SMILES string of the molecule is Cc1ccc(C(=O)Nc2cccc(Br)c2C)c(N)c1. The molecule has 0 unspecified atom stereocenters. The van der Waals surface area contributed by atoms with Crippen LogP contribution in [0.3, 0.4) is 0 Å². The maximum atomic E-state index is 12.2. The first-order valence-electron chi connectivity index (χ1n) is 5.91. The summed E-state index contributed by atoms with van der Waals surface area (Å²) >= 11 is 3.44. The largest absolute Gasteiger partial charge is 0.398 e. The molecule has 19 heavy (non-hydrogen) atoms. The lowest BCUT2D eigenvalue weighted by Crippen LogP contribution is -2.14. The number of hydrogen-bond donors (Lipinski definition) is 2. The number of carbonyl (C=O) groups excluding carboxylic acids is 1. The average Bonchev–Trinajstić information content (AvgIpc) is 2.34. The fourth-order valence-electron chi connectivity index (χ4n) is 1.82. The standard InChI is InChI=1S/C15H15BrN2O/c1-9-6-7-11(13(17)8-9)15(19)18-14-5-3-4-12(16)10(14)2/h3-8H,17H2,1-2H3,(H,18,19). The minimum atomic E-state index is -0.196. The number of aryl methyl sites for hydroxylation is 1. The highest BCUT2D eigenvalue weighted by Crippen LogP contribution is 2.24. The van der Waals surface area contributed by atoms with Crippen LogP contribution in [0.1, 0.15) is 21.5 Å². The Kier molecular flexibility index (Phi) is 3.90. The zero-order valence-corrected chi connectivity index (χ0v) is 12.4. The number of halogens is 1. The number of hydrogen-bond acceptors (Lipinski definition) is 2. The number of nitrogens with one attached hydrogen (secondary N) is 1. The first-order chi connectivity index (χ1) is 8.99. The Morgan fingerprint density at radius 1 is 1.21 bits per heavy atom. The lowest BCUT2D eigenvalue weighted by Gasteiger charge is -2.11. The average molecular weight is 319 g/mol. The smallest absolute Gasteiger partial charge is 0.257 e. The quantitative estimate of drug-likeness (QED) is 0.825. The van der Waals surface area contributed by atoms with Crippen molar-refractivity contribution in [1.82, 2.24) is 0 Å². The van der Waals surface area contributed by atoms with Crippen LogP contribution in [0.25, 0.3) is 0 Å². The molecule has 98 valence electrons. The number of nitrogen functional groups attached to an aromatic ring is 1. The van der Waals surface area contributed by atoms with Crippen molar-refractivity contribution in [2.24, 2.45) is 0 Å². The predicted octanol–water partition coefficient (Wildman–Crippen LogP) is 3.90. The van der Waals surface area contributed by atoms with Crippen LogP contribution in [-0.2, 0) is 0 Å². The zero-order valence-electron chi connectivity index (χ0n) is 10.8. The number of anilines is 2. The van der Waals surface area contributed by atoms with E-state index in [0.717, 1.165) is 21.3 Å². The van der Waals surface area contributed by atoms with Crippen LogP contribution in [0, 0.1) is 13.8 Å². The summed E-state index contributed by atoms with van der Waals surface area (Å²) in [6.07, 6.45) is 0.